The van der Waals surface area contributed by atoms with E-state index in [0.29, 0.717) is 18.8 Å². The fourth-order valence-electron chi connectivity index (χ4n) is 3.93. The molecule has 2 heterocycles. The van der Waals surface area contributed by atoms with Crippen molar-refractivity contribution in [3.8, 4) is 0 Å². The summed E-state index contributed by atoms with van der Waals surface area (Å²) in [6.07, 6.45) is 6.32. The van der Waals surface area contributed by atoms with Crippen LogP contribution in [0.25, 0.3) is 0 Å². The van der Waals surface area contributed by atoms with Crippen LogP contribution in [0.4, 0.5) is 0 Å². The van der Waals surface area contributed by atoms with Crippen molar-refractivity contribution in [3.63, 3.8) is 0 Å². The number of aliphatic imine (C=N–C) groups is 1. The molecule has 1 aromatic rings. The van der Waals surface area contributed by atoms with Crippen LogP contribution in [-0.2, 0) is 27.4 Å². The van der Waals surface area contributed by atoms with Crippen LogP contribution in [0, 0.1) is 0 Å². The summed E-state index contributed by atoms with van der Waals surface area (Å²) in [5, 5.41) is 3.50. The van der Waals surface area contributed by atoms with E-state index >= 15 is 0 Å². The second kappa shape index (κ2) is 13.4. The van der Waals surface area contributed by atoms with Crippen molar-refractivity contribution >= 4 is 29.9 Å². The number of nitrogens with one attached hydrogen (secondary N) is 1. The predicted octanol–water partition coefficient (Wildman–Crippen LogP) is 3.58. The summed E-state index contributed by atoms with van der Waals surface area (Å²) in [5.74, 6) is 0.964. The number of hydrogen-bond donors (Lipinski definition) is 1. The highest BCUT2D eigenvalue weighted by Gasteiger charge is 2.23. The van der Waals surface area contributed by atoms with Gasteiger partial charge in [0.1, 0.15) is 0 Å². The van der Waals surface area contributed by atoms with Crippen LogP contribution in [-0.4, -0.2) is 63.5 Å². The van der Waals surface area contributed by atoms with Gasteiger partial charge in [0.25, 0.3) is 0 Å². The third-order valence-corrected chi connectivity index (χ3v) is 5.50. The molecule has 2 fully saturated rings. The zero-order chi connectivity index (χ0) is 19.6. The van der Waals surface area contributed by atoms with E-state index in [9.17, 15) is 0 Å². The van der Waals surface area contributed by atoms with Crippen molar-refractivity contribution in [3.05, 3.63) is 35.4 Å². The Morgan fingerprint density at radius 3 is 2.69 bits per heavy atom. The number of piperidine rings is 1. The molecular formula is C22H36IN3O3. The molecule has 2 saturated heterocycles. The minimum absolute atomic E-state index is 0. The van der Waals surface area contributed by atoms with Crippen molar-refractivity contribution in [2.75, 3.05) is 40.5 Å². The van der Waals surface area contributed by atoms with Crippen molar-refractivity contribution < 1.29 is 14.2 Å². The maximum absolute atomic E-state index is 6.13. The van der Waals surface area contributed by atoms with Gasteiger partial charge in [-0.3, -0.25) is 4.99 Å². The lowest BCUT2D eigenvalue weighted by molar-refractivity contribution is -0.0721. The Bertz CT molecular complexity index is 615. The summed E-state index contributed by atoms with van der Waals surface area (Å²) in [5.41, 5.74) is 2.43. The van der Waals surface area contributed by atoms with Crippen LogP contribution in [0.5, 0.6) is 0 Å². The third-order valence-electron chi connectivity index (χ3n) is 5.50. The molecular weight excluding hydrogens is 481 g/mol. The Morgan fingerprint density at radius 2 is 2.00 bits per heavy atom. The summed E-state index contributed by atoms with van der Waals surface area (Å²) in [7, 11) is 3.58. The maximum Gasteiger partial charge on any atom is 0.193 e. The fraction of sp³-hybridized carbons (Fsp3) is 0.682. The van der Waals surface area contributed by atoms with Gasteiger partial charge in [-0.15, -0.1) is 24.0 Å². The van der Waals surface area contributed by atoms with Crippen LogP contribution < -0.4 is 5.32 Å². The van der Waals surface area contributed by atoms with Crippen LogP contribution in [0.3, 0.4) is 0 Å². The van der Waals surface area contributed by atoms with Gasteiger partial charge in [0, 0.05) is 40.4 Å². The highest BCUT2D eigenvalue weighted by Crippen LogP contribution is 2.18. The summed E-state index contributed by atoms with van der Waals surface area (Å²) in [6.45, 7) is 4.99. The number of rotatable bonds is 7. The molecule has 0 radical (unpaired) electrons. The number of methoxy groups -OCH3 is 1. The Hall–Kier alpha value is -0.900. The zero-order valence-corrected chi connectivity index (χ0v) is 20.1. The smallest absolute Gasteiger partial charge is 0.193 e. The quantitative estimate of drug-likeness (QED) is 0.341. The van der Waals surface area contributed by atoms with E-state index in [4.69, 9.17) is 14.2 Å². The Balaban J connectivity index is 0.00000300. The maximum atomic E-state index is 6.13. The Kier molecular flexibility index (Phi) is 11.3. The average Bonchev–Trinajstić information content (AvgIpc) is 2.75. The molecule has 7 heteroatoms. The third kappa shape index (κ3) is 8.03. The highest BCUT2D eigenvalue weighted by molar-refractivity contribution is 14.0. The number of guanidine groups is 1. The molecule has 0 bridgehead atoms. The molecule has 1 N–H and O–H groups in total. The first-order valence-electron chi connectivity index (χ1n) is 10.5. The number of likely N-dealkylation sites (tertiary alicyclic amines) is 1. The minimum atomic E-state index is 0. The van der Waals surface area contributed by atoms with E-state index in [1.807, 2.05) is 7.05 Å². The lowest BCUT2D eigenvalue weighted by Gasteiger charge is -2.35. The summed E-state index contributed by atoms with van der Waals surface area (Å²) >= 11 is 0. The second-order valence-corrected chi connectivity index (χ2v) is 7.66. The zero-order valence-electron chi connectivity index (χ0n) is 17.8. The Labute approximate surface area is 192 Å². The van der Waals surface area contributed by atoms with Crippen LogP contribution >= 0.6 is 24.0 Å². The van der Waals surface area contributed by atoms with Gasteiger partial charge in [-0.1, -0.05) is 24.3 Å². The van der Waals surface area contributed by atoms with Crippen molar-refractivity contribution in [2.45, 2.75) is 57.5 Å². The molecule has 2 aliphatic rings. The Morgan fingerprint density at radius 1 is 1.21 bits per heavy atom. The van der Waals surface area contributed by atoms with E-state index < -0.39 is 0 Å². The average molecular weight is 517 g/mol. The second-order valence-electron chi connectivity index (χ2n) is 7.66. The topological polar surface area (TPSA) is 55.3 Å². The van der Waals surface area contributed by atoms with E-state index in [1.54, 1.807) is 7.11 Å². The molecule has 164 valence electrons. The van der Waals surface area contributed by atoms with Crippen molar-refractivity contribution in [1.29, 1.82) is 0 Å². The number of nitrogens with zero attached hydrogens (tertiary/aromatic N) is 2. The molecule has 2 aliphatic heterocycles. The summed E-state index contributed by atoms with van der Waals surface area (Å²) in [4.78, 5) is 6.81. The fourth-order valence-corrected chi connectivity index (χ4v) is 3.93. The van der Waals surface area contributed by atoms with Crippen LogP contribution in [0.2, 0.25) is 0 Å². The number of hydrogen-bond acceptors (Lipinski definition) is 4. The van der Waals surface area contributed by atoms with Gasteiger partial charge in [0.15, 0.2) is 5.96 Å². The van der Waals surface area contributed by atoms with Gasteiger partial charge in [-0.2, -0.15) is 0 Å². The normalized spacial score (nSPS) is 21.0. The molecule has 1 atom stereocenters. The van der Waals surface area contributed by atoms with Crippen molar-refractivity contribution in [2.24, 2.45) is 4.99 Å². The monoisotopic (exact) mass is 517 g/mol. The molecule has 3 rings (SSSR count). The molecule has 0 amide bonds. The van der Waals surface area contributed by atoms with E-state index in [-0.39, 0.29) is 24.0 Å². The first-order chi connectivity index (χ1) is 13.8. The summed E-state index contributed by atoms with van der Waals surface area (Å²) in [6, 6.07) is 8.47. The van der Waals surface area contributed by atoms with Crippen LogP contribution in [0.1, 0.15) is 43.2 Å². The standard InChI is InChI=1S/C22H35N3O3.HI/c1-23-22(24-15-18-6-5-7-19(14-18)16-26-2)25-11-9-20(10-12-25)28-17-21-8-3-4-13-27-21;/h5-7,14,20-21H,3-4,8-13,15-17H2,1-2H3,(H,23,24);1H. The lowest BCUT2D eigenvalue weighted by atomic mass is 10.1. The first-order valence-corrected chi connectivity index (χ1v) is 10.5. The molecule has 29 heavy (non-hydrogen) atoms. The number of benzene rings is 1. The molecule has 6 nitrogen and oxygen atoms in total. The molecule has 0 spiro atoms. The highest BCUT2D eigenvalue weighted by atomic mass is 127. The van der Waals surface area contributed by atoms with Gasteiger partial charge in [-0.25, -0.2) is 0 Å². The molecule has 0 aliphatic carbocycles. The van der Waals surface area contributed by atoms with Crippen molar-refractivity contribution in [1.82, 2.24) is 10.2 Å². The number of halogens is 1. The van der Waals surface area contributed by atoms with Gasteiger partial charge in [0.2, 0.25) is 0 Å². The molecule has 0 saturated carbocycles. The number of ether oxygens (including phenoxy) is 3. The summed E-state index contributed by atoms with van der Waals surface area (Å²) < 4.78 is 17.1. The molecule has 1 unspecified atom stereocenters. The predicted molar refractivity (Wildman–Crippen MR) is 127 cm³/mol. The van der Waals surface area contributed by atoms with Gasteiger partial charge >= 0.3 is 0 Å². The molecule has 0 aromatic heterocycles. The van der Waals surface area contributed by atoms with E-state index in [2.05, 4.69) is 39.5 Å². The first kappa shape index (κ1) is 24.4. The van der Waals surface area contributed by atoms with Crippen LogP contribution in [0.15, 0.2) is 29.3 Å². The van der Waals surface area contributed by atoms with Gasteiger partial charge in [0.05, 0.1) is 25.4 Å². The molecule has 1 aromatic carbocycles. The SMILES string of the molecule is CN=C(NCc1cccc(COC)c1)N1CCC(OCC2CCCCO2)CC1.I. The van der Waals surface area contributed by atoms with Gasteiger partial charge < -0.3 is 24.4 Å². The lowest BCUT2D eigenvalue weighted by Crippen LogP contribution is -2.47. The van der Waals surface area contributed by atoms with E-state index in [1.165, 1.54) is 24.0 Å². The van der Waals surface area contributed by atoms with Gasteiger partial charge in [-0.05, 0) is 43.2 Å². The minimum Gasteiger partial charge on any atom is -0.380 e. The van der Waals surface area contributed by atoms with E-state index in [0.717, 1.165) is 58.1 Å². The largest absolute Gasteiger partial charge is 0.380 e.